The number of rotatable bonds is 4. The van der Waals surface area contributed by atoms with Gasteiger partial charge in [-0.05, 0) is 42.7 Å². The molecule has 2 aromatic rings. The number of carbonyl (C=O) groups is 1. The van der Waals surface area contributed by atoms with Crippen LogP contribution in [0.15, 0.2) is 42.5 Å². The molecule has 3 heteroatoms. The number of hydrogen-bond acceptors (Lipinski definition) is 3. The van der Waals surface area contributed by atoms with E-state index in [0.717, 1.165) is 22.4 Å². The van der Waals surface area contributed by atoms with Gasteiger partial charge in [-0.2, -0.15) is 0 Å². The first-order valence-electron chi connectivity index (χ1n) is 6.48. The Morgan fingerprint density at radius 2 is 1.60 bits per heavy atom. The zero-order chi connectivity index (χ0) is 14.5. The first-order chi connectivity index (χ1) is 9.61. The monoisotopic (exact) mass is 270 g/mol. The molecule has 3 nitrogen and oxygen atoms in total. The van der Waals surface area contributed by atoms with E-state index in [1.807, 2.05) is 56.3 Å². The van der Waals surface area contributed by atoms with Crippen molar-refractivity contribution in [2.24, 2.45) is 0 Å². The van der Waals surface area contributed by atoms with E-state index in [-0.39, 0.29) is 12.6 Å². The van der Waals surface area contributed by atoms with E-state index in [0.29, 0.717) is 5.56 Å². The van der Waals surface area contributed by atoms with E-state index in [9.17, 15) is 4.79 Å². The van der Waals surface area contributed by atoms with Crippen molar-refractivity contribution in [3.63, 3.8) is 0 Å². The summed E-state index contributed by atoms with van der Waals surface area (Å²) >= 11 is 0. The summed E-state index contributed by atoms with van der Waals surface area (Å²) in [6.45, 7) is 4.09. The van der Waals surface area contributed by atoms with Crippen LogP contribution >= 0.6 is 0 Å². The minimum Gasteiger partial charge on any atom is -0.497 e. The average molecular weight is 270 g/mol. The number of carbonyl (C=O) groups excluding carboxylic acids is 1. The minimum absolute atomic E-state index is 0.261. The average Bonchev–Trinajstić information content (AvgIpc) is 2.45. The molecule has 0 saturated carbocycles. The van der Waals surface area contributed by atoms with Crippen LogP contribution in [0.2, 0.25) is 0 Å². The van der Waals surface area contributed by atoms with Gasteiger partial charge in [-0.3, -0.25) is 0 Å². The summed E-state index contributed by atoms with van der Waals surface area (Å²) in [6, 6.07) is 13.2. The molecule has 2 rings (SSSR count). The molecule has 0 atom stereocenters. The molecule has 0 amide bonds. The van der Waals surface area contributed by atoms with Gasteiger partial charge in [-0.15, -0.1) is 0 Å². The van der Waals surface area contributed by atoms with Crippen molar-refractivity contribution in [1.29, 1.82) is 0 Å². The number of hydrogen-bond donors (Lipinski definition) is 0. The minimum atomic E-state index is -0.281. The highest BCUT2D eigenvalue weighted by Gasteiger charge is 2.13. The van der Waals surface area contributed by atoms with Crippen LogP contribution in [-0.2, 0) is 11.3 Å². The maximum atomic E-state index is 12.1. The van der Waals surface area contributed by atoms with Gasteiger partial charge in [0, 0.05) is 0 Å². The van der Waals surface area contributed by atoms with Crippen LogP contribution in [0.3, 0.4) is 0 Å². The van der Waals surface area contributed by atoms with Crippen LogP contribution in [-0.4, -0.2) is 13.1 Å². The van der Waals surface area contributed by atoms with Gasteiger partial charge in [0.25, 0.3) is 0 Å². The Balaban J connectivity index is 2.05. The summed E-state index contributed by atoms with van der Waals surface area (Å²) in [5.41, 5.74) is 3.46. The topological polar surface area (TPSA) is 35.5 Å². The normalized spacial score (nSPS) is 10.2. The van der Waals surface area contributed by atoms with Crippen LogP contribution in [0, 0.1) is 13.8 Å². The lowest BCUT2D eigenvalue weighted by atomic mass is 10.0. The van der Waals surface area contributed by atoms with E-state index < -0.39 is 0 Å². The highest BCUT2D eigenvalue weighted by atomic mass is 16.5. The molecule has 0 aliphatic carbocycles. The number of ether oxygens (including phenoxy) is 2. The molecule has 0 aliphatic heterocycles. The van der Waals surface area contributed by atoms with Gasteiger partial charge < -0.3 is 9.47 Å². The van der Waals surface area contributed by atoms with Gasteiger partial charge >= 0.3 is 5.97 Å². The standard InChI is InChI=1S/C17H18O3/c1-12-5-4-6-13(2)16(12)17(18)20-11-14-7-9-15(19-3)10-8-14/h4-10H,11H2,1-3H3. The Morgan fingerprint density at radius 1 is 1.00 bits per heavy atom. The summed E-state index contributed by atoms with van der Waals surface area (Å²) in [6.07, 6.45) is 0. The van der Waals surface area contributed by atoms with Gasteiger partial charge in [-0.25, -0.2) is 4.79 Å². The van der Waals surface area contributed by atoms with Crippen molar-refractivity contribution >= 4 is 5.97 Å². The van der Waals surface area contributed by atoms with Crippen molar-refractivity contribution in [3.8, 4) is 5.75 Å². The Bertz CT molecular complexity index is 580. The van der Waals surface area contributed by atoms with Gasteiger partial charge in [-0.1, -0.05) is 30.3 Å². The van der Waals surface area contributed by atoms with Crippen LogP contribution < -0.4 is 4.74 Å². The van der Waals surface area contributed by atoms with Crippen molar-refractivity contribution < 1.29 is 14.3 Å². The summed E-state index contributed by atoms with van der Waals surface area (Å²) in [5, 5.41) is 0. The van der Waals surface area contributed by atoms with Crippen LogP contribution in [0.5, 0.6) is 5.75 Å². The van der Waals surface area contributed by atoms with Crippen LogP contribution in [0.1, 0.15) is 27.0 Å². The zero-order valence-electron chi connectivity index (χ0n) is 12.0. The molecule has 0 fully saturated rings. The van der Waals surface area contributed by atoms with Gasteiger partial charge in [0.05, 0.1) is 12.7 Å². The molecule has 2 aromatic carbocycles. The van der Waals surface area contributed by atoms with Crippen molar-refractivity contribution in [2.75, 3.05) is 7.11 Å². The second-order valence-corrected chi connectivity index (χ2v) is 4.69. The molecule has 0 saturated heterocycles. The summed E-state index contributed by atoms with van der Waals surface area (Å²) in [7, 11) is 1.62. The maximum absolute atomic E-state index is 12.1. The highest BCUT2D eigenvalue weighted by Crippen LogP contribution is 2.16. The predicted molar refractivity (Wildman–Crippen MR) is 78.0 cm³/mol. The fraction of sp³-hybridized carbons (Fsp3) is 0.235. The molecule has 0 bridgehead atoms. The molecule has 104 valence electrons. The SMILES string of the molecule is COc1ccc(COC(=O)c2c(C)cccc2C)cc1. The highest BCUT2D eigenvalue weighted by molar-refractivity contribution is 5.92. The van der Waals surface area contributed by atoms with Gasteiger partial charge in [0.2, 0.25) is 0 Å². The smallest absolute Gasteiger partial charge is 0.338 e. The second kappa shape index (κ2) is 6.24. The third-order valence-corrected chi connectivity index (χ3v) is 3.21. The van der Waals surface area contributed by atoms with Crippen molar-refractivity contribution in [2.45, 2.75) is 20.5 Å². The van der Waals surface area contributed by atoms with E-state index in [4.69, 9.17) is 9.47 Å². The second-order valence-electron chi connectivity index (χ2n) is 4.69. The fourth-order valence-corrected chi connectivity index (χ4v) is 2.08. The molecular weight excluding hydrogens is 252 g/mol. The molecule has 0 radical (unpaired) electrons. The molecule has 0 aliphatic rings. The molecule has 0 heterocycles. The number of methoxy groups -OCH3 is 1. The number of benzene rings is 2. The van der Waals surface area contributed by atoms with Crippen LogP contribution in [0.25, 0.3) is 0 Å². The molecule has 0 unspecified atom stereocenters. The molecule has 20 heavy (non-hydrogen) atoms. The first-order valence-corrected chi connectivity index (χ1v) is 6.48. The maximum Gasteiger partial charge on any atom is 0.338 e. The molecule has 0 N–H and O–H groups in total. The zero-order valence-corrected chi connectivity index (χ0v) is 12.0. The largest absolute Gasteiger partial charge is 0.497 e. The van der Waals surface area contributed by atoms with Gasteiger partial charge in [0.1, 0.15) is 12.4 Å². The lowest BCUT2D eigenvalue weighted by Crippen LogP contribution is -2.09. The number of esters is 1. The lowest BCUT2D eigenvalue weighted by molar-refractivity contribution is 0.0471. The summed E-state index contributed by atoms with van der Waals surface area (Å²) < 4.78 is 10.5. The van der Waals surface area contributed by atoms with E-state index in [1.54, 1.807) is 7.11 Å². The summed E-state index contributed by atoms with van der Waals surface area (Å²) in [5.74, 6) is 0.506. The Labute approximate surface area is 119 Å². The van der Waals surface area contributed by atoms with E-state index in [1.165, 1.54) is 0 Å². The Kier molecular flexibility index (Phi) is 4.41. The third kappa shape index (κ3) is 3.18. The number of aryl methyl sites for hydroxylation is 2. The molecule has 0 aromatic heterocycles. The summed E-state index contributed by atoms with van der Waals surface area (Å²) in [4.78, 5) is 12.1. The quantitative estimate of drug-likeness (QED) is 0.795. The van der Waals surface area contributed by atoms with E-state index >= 15 is 0 Å². The fourth-order valence-electron chi connectivity index (χ4n) is 2.08. The first kappa shape index (κ1) is 14.1. The van der Waals surface area contributed by atoms with Gasteiger partial charge in [0.15, 0.2) is 0 Å². The molecule has 0 spiro atoms. The third-order valence-electron chi connectivity index (χ3n) is 3.21. The van der Waals surface area contributed by atoms with Crippen molar-refractivity contribution in [3.05, 3.63) is 64.7 Å². The van der Waals surface area contributed by atoms with Crippen LogP contribution in [0.4, 0.5) is 0 Å². The molecular formula is C17H18O3. The van der Waals surface area contributed by atoms with Crippen molar-refractivity contribution in [1.82, 2.24) is 0 Å². The van der Waals surface area contributed by atoms with E-state index in [2.05, 4.69) is 0 Å². The Morgan fingerprint density at radius 3 is 2.15 bits per heavy atom. The predicted octanol–water partition coefficient (Wildman–Crippen LogP) is 3.67. The Hall–Kier alpha value is -2.29. The lowest BCUT2D eigenvalue weighted by Gasteiger charge is -2.10.